The van der Waals surface area contributed by atoms with Crippen molar-refractivity contribution in [1.82, 2.24) is 0 Å². The van der Waals surface area contributed by atoms with Crippen molar-refractivity contribution in [2.75, 3.05) is 18.7 Å². The van der Waals surface area contributed by atoms with Crippen LogP contribution in [0, 0.1) is 18.3 Å². The van der Waals surface area contributed by atoms with Crippen LogP contribution in [0.5, 0.6) is 11.5 Å². The summed E-state index contributed by atoms with van der Waals surface area (Å²) in [6.07, 6.45) is 0. The Morgan fingerprint density at radius 2 is 2.08 bits per heavy atom. The SMILES string of the molecule is CCOC(=O)c1c(C)oc(NC(=O)c2ccc3c(c2)OCO3)c1C#N. The molecule has 0 radical (unpaired) electrons. The minimum Gasteiger partial charge on any atom is -0.462 e. The van der Waals surface area contributed by atoms with Gasteiger partial charge in [0.2, 0.25) is 12.7 Å². The lowest BCUT2D eigenvalue weighted by atomic mass is 10.1. The van der Waals surface area contributed by atoms with E-state index in [2.05, 4.69) is 5.32 Å². The fourth-order valence-corrected chi connectivity index (χ4v) is 2.40. The minimum atomic E-state index is -0.677. The number of anilines is 1. The third kappa shape index (κ3) is 2.99. The lowest BCUT2D eigenvalue weighted by Crippen LogP contribution is -2.13. The van der Waals surface area contributed by atoms with Crippen molar-refractivity contribution in [3.8, 4) is 17.6 Å². The van der Waals surface area contributed by atoms with Crippen molar-refractivity contribution >= 4 is 17.8 Å². The summed E-state index contributed by atoms with van der Waals surface area (Å²) in [4.78, 5) is 24.4. The largest absolute Gasteiger partial charge is 0.462 e. The van der Waals surface area contributed by atoms with Gasteiger partial charge in [0, 0.05) is 5.56 Å². The van der Waals surface area contributed by atoms with Gasteiger partial charge in [0.25, 0.3) is 5.91 Å². The summed E-state index contributed by atoms with van der Waals surface area (Å²) in [6.45, 7) is 3.43. The number of benzene rings is 1. The molecule has 0 spiro atoms. The normalized spacial score (nSPS) is 11.7. The maximum Gasteiger partial charge on any atom is 0.343 e. The number of ether oxygens (including phenoxy) is 3. The number of furan rings is 1. The molecule has 1 amide bonds. The molecule has 1 aromatic carbocycles. The maximum absolute atomic E-state index is 12.4. The molecule has 1 N–H and O–H groups in total. The van der Waals surface area contributed by atoms with Crippen LogP contribution < -0.4 is 14.8 Å². The number of rotatable bonds is 4. The molecule has 0 unspecified atom stereocenters. The van der Waals surface area contributed by atoms with Gasteiger partial charge >= 0.3 is 5.97 Å². The Hall–Kier alpha value is -3.47. The summed E-state index contributed by atoms with van der Waals surface area (Å²) >= 11 is 0. The first-order valence-corrected chi connectivity index (χ1v) is 7.46. The maximum atomic E-state index is 12.4. The van der Waals surface area contributed by atoms with Crippen LogP contribution in [-0.4, -0.2) is 25.3 Å². The molecular weight excluding hydrogens is 328 g/mol. The fourth-order valence-electron chi connectivity index (χ4n) is 2.40. The Morgan fingerprint density at radius 1 is 1.32 bits per heavy atom. The Balaban J connectivity index is 1.88. The quantitative estimate of drug-likeness (QED) is 0.850. The summed E-state index contributed by atoms with van der Waals surface area (Å²) in [5.41, 5.74) is 0.218. The van der Waals surface area contributed by atoms with Crippen LogP contribution in [0.2, 0.25) is 0 Å². The Bertz CT molecular complexity index is 893. The van der Waals surface area contributed by atoms with Crippen molar-refractivity contribution in [2.24, 2.45) is 0 Å². The molecule has 128 valence electrons. The highest BCUT2D eigenvalue weighted by Gasteiger charge is 2.26. The second kappa shape index (κ2) is 6.57. The first-order chi connectivity index (χ1) is 12.0. The number of nitrogens with zero attached hydrogens (tertiary/aromatic N) is 1. The molecule has 1 aliphatic rings. The first-order valence-electron chi connectivity index (χ1n) is 7.46. The summed E-state index contributed by atoms with van der Waals surface area (Å²) in [6, 6.07) is 6.55. The van der Waals surface area contributed by atoms with E-state index >= 15 is 0 Å². The molecule has 0 atom stereocenters. The highest BCUT2D eigenvalue weighted by molar-refractivity contribution is 6.06. The molecule has 8 nitrogen and oxygen atoms in total. The van der Waals surface area contributed by atoms with Gasteiger partial charge in [-0.2, -0.15) is 5.26 Å². The number of esters is 1. The van der Waals surface area contributed by atoms with Gasteiger partial charge in [-0.1, -0.05) is 0 Å². The standard InChI is InChI=1S/C17H14N2O6/c1-3-22-17(21)14-9(2)25-16(11(14)7-18)19-15(20)10-4-5-12-13(6-10)24-8-23-12/h4-6H,3,8H2,1-2H3,(H,19,20). The van der Waals surface area contributed by atoms with Crippen molar-refractivity contribution in [2.45, 2.75) is 13.8 Å². The van der Waals surface area contributed by atoms with Gasteiger partial charge in [-0.05, 0) is 32.0 Å². The van der Waals surface area contributed by atoms with Crippen LogP contribution in [0.1, 0.15) is 39.0 Å². The lowest BCUT2D eigenvalue weighted by Gasteiger charge is -2.04. The average molecular weight is 342 g/mol. The molecular formula is C17H14N2O6. The second-order valence-corrected chi connectivity index (χ2v) is 5.09. The average Bonchev–Trinajstić information content (AvgIpc) is 3.17. The van der Waals surface area contributed by atoms with Crippen LogP contribution in [0.15, 0.2) is 22.6 Å². The smallest absolute Gasteiger partial charge is 0.343 e. The molecule has 2 heterocycles. The summed E-state index contributed by atoms with van der Waals surface area (Å²) in [5.74, 6) is -0.103. The van der Waals surface area contributed by atoms with Crippen LogP contribution in [0.25, 0.3) is 0 Å². The molecule has 0 saturated heterocycles. The van der Waals surface area contributed by atoms with Gasteiger partial charge in [-0.3, -0.25) is 10.1 Å². The third-order valence-corrected chi connectivity index (χ3v) is 3.54. The van der Waals surface area contributed by atoms with E-state index in [1.165, 1.54) is 13.0 Å². The highest BCUT2D eigenvalue weighted by atomic mass is 16.7. The van der Waals surface area contributed by atoms with Gasteiger partial charge in [0.1, 0.15) is 23.0 Å². The number of nitriles is 1. The molecule has 3 rings (SSSR count). The van der Waals surface area contributed by atoms with E-state index in [9.17, 15) is 14.9 Å². The zero-order valence-corrected chi connectivity index (χ0v) is 13.5. The van der Waals surface area contributed by atoms with E-state index in [1.54, 1.807) is 19.1 Å². The third-order valence-electron chi connectivity index (χ3n) is 3.54. The molecule has 1 aromatic heterocycles. The summed E-state index contributed by atoms with van der Waals surface area (Å²) in [7, 11) is 0. The van der Waals surface area contributed by atoms with Crippen LogP contribution in [-0.2, 0) is 4.74 Å². The number of carbonyl (C=O) groups excluding carboxylic acids is 2. The first kappa shape index (κ1) is 16.4. The highest BCUT2D eigenvalue weighted by Crippen LogP contribution is 2.33. The fraction of sp³-hybridized carbons (Fsp3) is 0.235. The van der Waals surface area contributed by atoms with Crippen LogP contribution in [0.4, 0.5) is 5.88 Å². The van der Waals surface area contributed by atoms with Gasteiger partial charge in [0.05, 0.1) is 6.61 Å². The van der Waals surface area contributed by atoms with Crippen molar-refractivity contribution in [3.63, 3.8) is 0 Å². The Morgan fingerprint density at radius 3 is 2.80 bits per heavy atom. The number of fused-ring (bicyclic) bond motifs is 1. The molecule has 0 bridgehead atoms. The van der Waals surface area contributed by atoms with E-state index in [1.807, 2.05) is 6.07 Å². The van der Waals surface area contributed by atoms with E-state index in [0.29, 0.717) is 17.1 Å². The lowest BCUT2D eigenvalue weighted by molar-refractivity contribution is 0.0524. The number of hydrogen-bond acceptors (Lipinski definition) is 7. The molecule has 0 saturated carbocycles. The van der Waals surface area contributed by atoms with Crippen molar-refractivity contribution in [3.05, 3.63) is 40.6 Å². The predicted molar refractivity (Wildman–Crippen MR) is 84.6 cm³/mol. The second-order valence-electron chi connectivity index (χ2n) is 5.09. The van der Waals surface area contributed by atoms with E-state index in [0.717, 1.165) is 0 Å². The number of amides is 1. The summed E-state index contributed by atoms with van der Waals surface area (Å²) < 4.78 is 20.7. The number of hydrogen-bond donors (Lipinski definition) is 1. The van der Waals surface area contributed by atoms with E-state index in [4.69, 9.17) is 18.6 Å². The molecule has 2 aromatic rings. The molecule has 0 aliphatic carbocycles. The molecule has 25 heavy (non-hydrogen) atoms. The van der Waals surface area contributed by atoms with E-state index < -0.39 is 11.9 Å². The monoisotopic (exact) mass is 342 g/mol. The number of aryl methyl sites for hydroxylation is 1. The minimum absolute atomic E-state index is 0.00494. The van der Waals surface area contributed by atoms with Crippen LogP contribution >= 0.6 is 0 Å². The van der Waals surface area contributed by atoms with Crippen molar-refractivity contribution in [1.29, 1.82) is 5.26 Å². The topological polar surface area (TPSA) is 111 Å². The van der Waals surface area contributed by atoms with Gasteiger partial charge in [-0.25, -0.2) is 4.79 Å². The van der Waals surface area contributed by atoms with Gasteiger partial charge < -0.3 is 18.6 Å². The van der Waals surface area contributed by atoms with Crippen molar-refractivity contribution < 1.29 is 28.2 Å². The van der Waals surface area contributed by atoms with E-state index in [-0.39, 0.29) is 36.2 Å². The predicted octanol–water partition coefficient (Wildman–Crippen LogP) is 2.62. The van der Waals surface area contributed by atoms with Crippen LogP contribution in [0.3, 0.4) is 0 Å². The number of carbonyl (C=O) groups is 2. The van der Waals surface area contributed by atoms with Gasteiger partial charge in [-0.15, -0.1) is 0 Å². The Kier molecular flexibility index (Phi) is 4.31. The molecule has 1 aliphatic heterocycles. The van der Waals surface area contributed by atoms with Gasteiger partial charge in [0.15, 0.2) is 11.5 Å². The number of nitrogens with one attached hydrogen (secondary N) is 1. The zero-order valence-electron chi connectivity index (χ0n) is 13.5. The Labute approximate surface area is 142 Å². The summed E-state index contributed by atoms with van der Waals surface area (Å²) in [5, 5.41) is 11.8. The molecule has 8 heteroatoms. The molecule has 0 fully saturated rings. The zero-order chi connectivity index (χ0) is 18.0.